The molecular weight excluding hydrogens is 269 g/mol. The summed E-state index contributed by atoms with van der Waals surface area (Å²) >= 11 is 0. The summed E-state index contributed by atoms with van der Waals surface area (Å²) < 4.78 is 37.3. The number of rotatable bonds is 5. The van der Waals surface area contributed by atoms with Gasteiger partial charge in [-0.15, -0.1) is 0 Å². The van der Waals surface area contributed by atoms with Crippen molar-refractivity contribution >= 4 is 5.91 Å². The molecule has 0 radical (unpaired) electrons. The largest absolute Gasteiger partial charge is 0.416 e. The molecule has 0 heterocycles. The average molecular weight is 288 g/mol. The van der Waals surface area contributed by atoms with Crippen molar-refractivity contribution in [3.05, 3.63) is 35.4 Å². The van der Waals surface area contributed by atoms with E-state index in [1.54, 1.807) is 7.05 Å². The molecule has 1 unspecified atom stereocenters. The molecule has 1 aromatic carbocycles. The summed E-state index contributed by atoms with van der Waals surface area (Å²) in [6, 6.07) is 4.22. The summed E-state index contributed by atoms with van der Waals surface area (Å²) in [7, 11) is 1.59. The van der Waals surface area contributed by atoms with Crippen LogP contribution >= 0.6 is 0 Å². The highest BCUT2D eigenvalue weighted by Crippen LogP contribution is 2.29. The van der Waals surface area contributed by atoms with E-state index in [1.807, 2.05) is 6.92 Å². The van der Waals surface area contributed by atoms with Gasteiger partial charge < -0.3 is 10.6 Å². The Kier molecular flexibility index (Phi) is 5.56. The number of halogens is 3. The monoisotopic (exact) mass is 288 g/mol. The summed E-state index contributed by atoms with van der Waals surface area (Å²) in [6.07, 6.45) is -2.94. The van der Waals surface area contributed by atoms with E-state index in [-0.39, 0.29) is 12.5 Å². The molecular formula is C14H19F3N2O. The summed E-state index contributed by atoms with van der Waals surface area (Å²) in [5, 5.41) is 0. The molecule has 0 saturated carbocycles. The van der Waals surface area contributed by atoms with Crippen molar-refractivity contribution in [2.24, 2.45) is 5.73 Å². The van der Waals surface area contributed by atoms with Crippen LogP contribution in [0.4, 0.5) is 13.2 Å². The molecule has 0 aliphatic rings. The van der Waals surface area contributed by atoms with Crippen LogP contribution in [-0.4, -0.2) is 23.9 Å². The Labute approximate surface area is 116 Å². The van der Waals surface area contributed by atoms with Gasteiger partial charge in [0.25, 0.3) is 0 Å². The van der Waals surface area contributed by atoms with Gasteiger partial charge in [0, 0.05) is 13.6 Å². The minimum absolute atomic E-state index is 0.202. The van der Waals surface area contributed by atoms with Gasteiger partial charge in [-0.3, -0.25) is 4.79 Å². The van der Waals surface area contributed by atoms with Gasteiger partial charge in [0.15, 0.2) is 0 Å². The summed E-state index contributed by atoms with van der Waals surface area (Å²) in [5.41, 5.74) is 5.66. The highest BCUT2D eigenvalue weighted by Gasteiger charge is 2.30. The molecule has 0 spiro atoms. The van der Waals surface area contributed by atoms with Crippen LogP contribution in [0, 0.1) is 0 Å². The Morgan fingerprint density at radius 1 is 1.30 bits per heavy atom. The van der Waals surface area contributed by atoms with Crippen molar-refractivity contribution in [1.82, 2.24) is 4.90 Å². The second-order valence-electron chi connectivity index (χ2n) is 4.78. The Bertz CT molecular complexity index is 443. The molecule has 112 valence electrons. The van der Waals surface area contributed by atoms with Crippen LogP contribution in [0.1, 0.15) is 30.9 Å². The Morgan fingerprint density at radius 3 is 2.30 bits per heavy atom. The molecule has 0 bridgehead atoms. The van der Waals surface area contributed by atoms with Gasteiger partial charge in [-0.05, 0) is 24.1 Å². The van der Waals surface area contributed by atoms with E-state index in [2.05, 4.69) is 0 Å². The SMILES string of the molecule is CCCC(N)C(=O)N(C)Cc1ccc(C(F)(F)F)cc1. The fourth-order valence-corrected chi connectivity index (χ4v) is 1.87. The topological polar surface area (TPSA) is 46.3 Å². The third kappa shape index (κ3) is 4.52. The Balaban J connectivity index is 2.67. The van der Waals surface area contributed by atoms with E-state index < -0.39 is 17.8 Å². The van der Waals surface area contributed by atoms with Crippen LogP contribution in [-0.2, 0) is 17.5 Å². The number of benzene rings is 1. The first-order chi connectivity index (χ1) is 9.25. The lowest BCUT2D eigenvalue weighted by atomic mass is 10.1. The number of hydrogen-bond acceptors (Lipinski definition) is 2. The lowest BCUT2D eigenvalue weighted by molar-refractivity contribution is -0.137. The van der Waals surface area contributed by atoms with Crippen molar-refractivity contribution in [2.75, 3.05) is 7.05 Å². The minimum Gasteiger partial charge on any atom is -0.340 e. The third-order valence-corrected chi connectivity index (χ3v) is 2.99. The van der Waals surface area contributed by atoms with E-state index in [0.29, 0.717) is 12.0 Å². The zero-order chi connectivity index (χ0) is 15.3. The number of amides is 1. The number of nitrogens with zero attached hydrogens (tertiary/aromatic N) is 1. The van der Waals surface area contributed by atoms with Crippen molar-refractivity contribution in [3.63, 3.8) is 0 Å². The summed E-state index contributed by atoms with van der Waals surface area (Å²) in [6.45, 7) is 2.18. The fraction of sp³-hybridized carbons (Fsp3) is 0.500. The predicted octanol–water partition coefficient (Wildman–Crippen LogP) is 2.79. The Morgan fingerprint density at radius 2 is 1.85 bits per heavy atom. The standard InChI is InChI=1S/C14H19F3N2O/c1-3-4-12(18)13(20)19(2)9-10-5-7-11(8-6-10)14(15,16)17/h5-8,12H,3-4,9,18H2,1-2H3. The quantitative estimate of drug-likeness (QED) is 0.905. The van der Waals surface area contributed by atoms with Gasteiger partial charge >= 0.3 is 6.18 Å². The van der Waals surface area contributed by atoms with Crippen LogP contribution in [0.3, 0.4) is 0 Å². The van der Waals surface area contributed by atoms with E-state index in [0.717, 1.165) is 18.6 Å². The zero-order valence-electron chi connectivity index (χ0n) is 11.6. The first-order valence-corrected chi connectivity index (χ1v) is 6.42. The smallest absolute Gasteiger partial charge is 0.340 e. The van der Waals surface area contributed by atoms with Crippen LogP contribution in [0.2, 0.25) is 0 Å². The first-order valence-electron chi connectivity index (χ1n) is 6.42. The van der Waals surface area contributed by atoms with Crippen LogP contribution in [0.25, 0.3) is 0 Å². The Hall–Kier alpha value is -1.56. The number of carbonyl (C=O) groups is 1. The van der Waals surface area contributed by atoms with E-state index in [4.69, 9.17) is 5.73 Å². The molecule has 1 aromatic rings. The molecule has 3 nitrogen and oxygen atoms in total. The van der Waals surface area contributed by atoms with Crippen LogP contribution in [0.5, 0.6) is 0 Å². The van der Waals surface area contributed by atoms with Gasteiger partial charge in [0.05, 0.1) is 11.6 Å². The first kappa shape index (κ1) is 16.5. The maximum atomic E-state index is 12.4. The van der Waals surface area contributed by atoms with E-state index in [9.17, 15) is 18.0 Å². The van der Waals surface area contributed by atoms with Gasteiger partial charge in [0.1, 0.15) is 0 Å². The molecule has 1 atom stereocenters. The number of alkyl halides is 3. The molecule has 20 heavy (non-hydrogen) atoms. The summed E-state index contributed by atoms with van der Waals surface area (Å²) in [4.78, 5) is 13.3. The van der Waals surface area contributed by atoms with Gasteiger partial charge in [0.2, 0.25) is 5.91 Å². The number of carbonyl (C=O) groups excluding carboxylic acids is 1. The third-order valence-electron chi connectivity index (χ3n) is 2.99. The molecule has 6 heteroatoms. The number of nitrogens with two attached hydrogens (primary N) is 1. The average Bonchev–Trinajstić information content (AvgIpc) is 2.37. The van der Waals surface area contributed by atoms with Gasteiger partial charge in [-0.25, -0.2) is 0 Å². The van der Waals surface area contributed by atoms with Crippen LogP contribution < -0.4 is 5.73 Å². The lowest BCUT2D eigenvalue weighted by Gasteiger charge is -2.21. The van der Waals surface area contributed by atoms with Crippen molar-refractivity contribution in [2.45, 2.75) is 38.5 Å². The molecule has 0 fully saturated rings. The fourth-order valence-electron chi connectivity index (χ4n) is 1.87. The maximum Gasteiger partial charge on any atom is 0.416 e. The minimum atomic E-state index is -4.34. The predicted molar refractivity (Wildman–Crippen MR) is 70.8 cm³/mol. The van der Waals surface area contributed by atoms with E-state index in [1.165, 1.54) is 17.0 Å². The van der Waals surface area contributed by atoms with Gasteiger partial charge in [-0.1, -0.05) is 25.5 Å². The van der Waals surface area contributed by atoms with Crippen molar-refractivity contribution < 1.29 is 18.0 Å². The molecule has 0 saturated heterocycles. The maximum absolute atomic E-state index is 12.4. The molecule has 1 rings (SSSR count). The second-order valence-corrected chi connectivity index (χ2v) is 4.78. The lowest BCUT2D eigenvalue weighted by Crippen LogP contribution is -2.41. The normalized spacial score (nSPS) is 13.1. The van der Waals surface area contributed by atoms with E-state index >= 15 is 0 Å². The van der Waals surface area contributed by atoms with Crippen LogP contribution in [0.15, 0.2) is 24.3 Å². The molecule has 0 aliphatic heterocycles. The highest BCUT2D eigenvalue weighted by atomic mass is 19.4. The zero-order valence-corrected chi connectivity index (χ0v) is 11.6. The molecule has 0 aromatic heterocycles. The van der Waals surface area contributed by atoms with Crippen molar-refractivity contribution in [3.8, 4) is 0 Å². The molecule has 1 amide bonds. The molecule has 2 N–H and O–H groups in total. The second kappa shape index (κ2) is 6.74. The summed E-state index contributed by atoms with van der Waals surface area (Å²) in [5.74, 6) is -0.202. The van der Waals surface area contributed by atoms with Gasteiger partial charge in [-0.2, -0.15) is 13.2 Å². The van der Waals surface area contributed by atoms with Crippen molar-refractivity contribution in [1.29, 1.82) is 0 Å². The number of likely N-dealkylation sites (N-methyl/N-ethyl adjacent to an activating group) is 1. The molecule has 0 aliphatic carbocycles. The highest BCUT2D eigenvalue weighted by molar-refractivity contribution is 5.81. The number of hydrogen-bond donors (Lipinski definition) is 1.